The Morgan fingerprint density at radius 2 is 0.586 bits per heavy atom. The zero-order valence-corrected chi connectivity index (χ0v) is 58.1. The number of carbonyl (C=O) groups is 4. The van der Waals surface area contributed by atoms with E-state index >= 15 is 0 Å². The highest BCUT2D eigenvalue weighted by molar-refractivity contribution is 7.47. The molecule has 0 aliphatic rings. The van der Waals surface area contributed by atoms with Crippen molar-refractivity contribution in [2.24, 2.45) is 11.8 Å². The molecule has 6 atom stereocenters. The van der Waals surface area contributed by atoms with Crippen molar-refractivity contribution in [2.45, 2.75) is 362 Å². The summed E-state index contributed by atoms with van der Waals surface area (Å²) in [6.07, 6.45) is 44.3. The summed E-state index contributed by atoms with van der Waals surface area (Å²) >= 11 is 0. The molecule has 0 bridgehead atoms. The first-order valence-electron chi connectivity index (χ1n) is 35.5. The minimum absolute atomic E-state index is 0.106. The number of rotatable bonds is 67. The predicted octanol–water partition coefficient (Wildman–Crippen LogP) is 19.2. The zero-order valence-electron chi connectivity index (χ0n) is 56.3. The fourth-order valence-electron chi connectivity index (χ4n) is 10.2. The Kier molecular flexibility index (Phi) is 59.0. The number of aliphatic hydroxyl groups excluding tert-OH is 1. The summed E-state index contributed by atoms with van der Waals surface area (Å²) in [5.41, 5.74) is 0. The van der Waals surface area contributed by atoms with E-state index < -0.39 is 97.5 Å². The fraction of sp³-hybridized carbons (Fsp3) is 0.941. The summed E-state index contributed by atoms with van der Waals surface area (Å²) in [6, 6.07) is 0. The van der Waals surface area contributed by atoms with E-state index in [1.807, 2.05) is 0 Å². The van der Waals surface area contributed by atoms with Gasteiger partial charge in [0.1, 0.15) is 19.3 Å². The van der Waals surface area contributed by atoms with Crippen molar-refractivity contribution in [1.82, 2.24) is 0 Å². The Morgan fingerprint density at radius 3 is 0.874 bits per heavy atom. The predicted molar refractivity (Wildman–Crippen MR) is 349 cm³/mol. The van der Waals surface area contributed by atoms with Gasteiger partial charge in [-0.3, -0.25) is 37.3 Å². The van der Waals surface area contributed by atoms with Gasteiger partial charge in [0, 0.05) is 25.7 Å². The van der Waals surface area contributed by atoms with Crippen molar-refractivity contribution in [3.05, 3.63) is 0 Å². The zero-order chi connectivity index (χ0) is 64.3. The average molecular weight is 1280 g/mol. The lowest BCUT2D eigenvalue weighted by Crippen LogP contribution is -2.30. The lowest BCUT2D eigenvalue weighted by Gasteiger charge is -2.21. The smallest absolute Gasteiger partial charge is 0.462 e. The van der Waals surface area contributed by atoms with Crippen LogP contribution in [0.25, 0.3) is 0 Å². The van der Waals surface area contributed by atoms with Crippen LogP contribution in [0.4, 0.5) is 0 Å². The molecule has 3 N–H and O–H groups in total. The number of unbranched alkanes of at least 4 members (excludes halogenated alkanes) is 36. The van der Waals surface area contributed by atoms with Gasteiger partial charge in [0.05, 0.1) is 26.4 Å². The molecule has 0 spiro atoms. The van der Waals surface area contributed by atoms with Crippen LogP contribution < -0.4 is 0 Å². The third kappa shape index (κ3) is 61.3. The molecular formula is C68H132O17P2. The maximum atomic E-state index is 13.0. The van der Waals surface area contributed by atoms with Crippen LogP contribution in [-0.2, 0) is 65.4 Å². The minimum atomic E-state index is -4.95. The van der Waals surface area contributed by atoms with Crippen molar-refractivity contribution in [3.63, 3.8) is 0 Å². The highest BCUT2D eigenvalue weighted by Crippen LogP contribution is 2.45. The molecule has 19 heteroatoms. The molecule has 17 nitrogen and oxygen atoms in total. The lowest BCUT2D eigenvalue weighted by atomic mass is 9.99. The molecular weight excluding hydrogens is 1150 g/mol. The summed E-state index contributed by atoms with van der Waals surface area (Å²) in [6.45, 7) is 9.48. The number of ether oxygens (including phenoxy) is 4. The minimum Gasteiger partial charge on any atom is -0.462 e. The van der Waals surface area contributed by atoms with Gasteiger partial charge >= 0.3 is 39.5 Å². The number of phosphoric acid groups is 2. The standard InChI is InChI=1S/C68H132O17P2/c1-7-10-12-14-16-18-20-22-24-26-34-41-47-53-68(73)84-63(56-78-65(70)50-44-38-32-28-27-31-37-43-49-61(6)9-3)58-82-86(74,75)80-54-62(69)55-81-87(76,77)83-59-64(57-79-66(71)51-45-39-35-29-30-36-42-48-60(4)5)85-67(72)52-46-40-33-25-23-21-19-17-15-13-11-8-2/h60-64,69H,7-59H2,1-6H3,(H,74,75)(H,76,77)/t61?,62-,63-,64-/m1/s1. The number of aliphatic hydroxyl groups is 1. The second-order valence-electron chi connectivity index (χ2n) is 25.3. The van der Waals surface area contributed by atoms with Crippen molar-refractivity contribution < 1.29 is 80.2 Å². The van der Waals surface area contributed by atoms with Crippen LogP contribution in [0.5, 0.6) is 0 Å². The first-order valence-corrected chi connectivity index (χ1v) is 38.5. The average Bonchev–Trinajstić information content (AvgIpc) is 3.69. The largest absolute Gasteiger partial charge is 0.472 e. The summed E-state index contributed by atoms with van der Waals surface area (Å²) in [5, 5.41) is 10.6. The highest BCUT2D eigenvalue weighted by Gasteiger charge is 2.30. The van der Waals surface area contributed by atoms with E-state index in [2.05, 4.69) is 41.5 Å². The Balaban J connectivity index is 5.26. The summed E-state index contributed by atoms with van der Waals surface area (Å²) in [5.74, 6) is -0.643. The van der Waals surface area contributed by atoms with Gasteiger partial charge in [-0.25, -0.2) is 9.13 Å². The molecule has 0 amide bonds. The fourth-order valence-corrected chi connectivity index (χ4v) is 11.8. The number of phosphoric ester groups is 2. The summed E-state index contributed by atoms with van der Waals surface area (Å²) < 4.78 is 68.2. The van der Waals surface area contributed by atoms with Gasteiger partial charge in [-0.1, -0.05) is 292 Å². The molecule has 0 aliphatic heterocycles. The van der Waals surface area contributed by atoms with Crippen molar-refractivity contribution in [2.75, 3.05) is 39.6 Å². The van der Waals surface area contributed by atoms with E-state index in [-0.39, 0.29) is 25.7 Å². The maximum absolute atomic E-state index is 13.0. The topological polar surface area (TPSA) is 237 Å². The van der Waals surface area contributed by atoms with E-state index in [1.54, 1.807) is 0 Å². The normalized spacial score (nSPS) is 14.5. The van der Waals surface area contributed by atoms with Gasteiger partial charge in [-0.15, -0.1) is 0 Å². The van der Waals surface area contributed by atoms with E-state index in [1.165, 1.54) is 154 Å². The third-order valence-corrected chi connectivity index (χ3v) is 18.0. The van der Waals surface area contributed by atoms with Crippen LogP contribution >= 0.6 is 15.6 Å². The van der Waals surface area contributed by atoms with Gasteiger partial charge in [0.2, 0.25) is 0 Å². The second-order valence-corrected chi connectivity index (χ2v) is 28.2. The summed E-state index contributed by atoms with van der Waals surface area (Å²) in [7, 11) is -9.90. The molecule has 0 saturated heterocycles. The SMILES string of the molecule is CCCCCCCCCCCCCCCC(=O)O[C@H](COC(=O)CCCCCCCCCCC(C)CC)COP(=O)(O)OC[C@@H](O)COP(=O)(O)OC[C@@H](COC(=O)CCCCCCCCCC(C)C)OC(=O)CCCCCCCCCCCCCC. The molecule has 0 rings (SSSR count). The van der Waals surface area contributed by atoms with Gasteiger partial charge < -0.3 is 33.8 Å². The summed E-state index contributed by atoms with van der Waals surface area (Å²) in [4.78, 5) is 72.4. The van der Waals surface area contributed by atoms with Gasteiger partial charge in [-0.05, 0) is 37.5 Å². The number of esters is 4. The monoisotopic (exact) mass is 1280 g/mol. The van der Waals surface area contributed by atoms with Gasteiger partial charge in [0.25, 0.3) is 0 Å². The molecule has 0 radical (unpaired) electrons. The van der Waals surface area contributed by atoms with Crippen molar-refractivity contribution in [1.29, 1.82) is 0 Å². The molecule has 0 heterocycles. The van der Waals surface area contributed by atoms with Crippen LogP contribution in [0, 0.1) is 11.8 Å². The molecule has 0 aliphatic carbocycles. The van der Waals surface area contributed by atoms with E-state index in [9.17, 15) is 43.2 Å². The Labute approximate surface area is 530 Å². The molecule has 0 aromatic rings. The molecule has 0 fully saturated rings. The van der Waals surface area contributed by atoms with Crippen LogP contribution in [0.1, 0.15) is 343 Å². The first-order chi connectivity index (χ1) is 41.9. The molecule has 87 heavy (non-hydrogen) atoms. The molecule has 0 saturated carbocycles. The van der Waals surface area contributed by atoms with E-state index in [0.29, 0.717) is 31.6 Å². The lowest BCUT2D eigenvalue weighted by molar-refractivity contribution is -0.161. The molecule has 0 aromatic heterocycles. The highest BCUT2D eigenvalue weighted by atomic mass is 31.2. The Bertz CT molecular complexity index is 1700. The second kappa shape index (κ2) is 60.3. The van der Waals surface area contributed by atoms with Gasteiger partial charge in [-0.2, -0.15) is 0 Å². The molecule has 516 valence electrons. The Hall–Kier alpha value is -1.94. The van der Waals surface area contributed by atoms with E-state index in [0.717, 1.165) is 102 Å². The van der Waals surface area contributed by atoms with Crippen molar-refractivity contribution in [3.8, 4) is 0 Å². The quantitative estimate of drug-likeness (QED) is 0.0222. The van der Waals surface area contributed by atoms with Gasteiger partial charge in [0.15, 0.2) is 12.2 Å². The molecule has 0 aromatic carbocycles. The maximum Gasteiger partial charge on any atom is 0.472 e. The van der Waals surface area contributed by atoms with Crippen LogP contribution in [0.15, 0.2) is 0 Å². The first kappa shape index (κ1) is 85.1. The van der Waals surface area contributed by atoms with Crippen LogP contribution in [-0.4, -0.2) is 96.7 Å². The molecule has 3 unspecified atom stereocenters. The number of carbonyl (C=O) groups excluding carboxylic acids is 4. The number of hydrogen-bond donors (Lipinski definition) is 3. The number of hydrogen-bond acceptors (Lipinski definition) is 15. The Morgan fingerprint density at radius 1 is 0.333 bits per heavy atom. The van der Waals surface area contributed by atoms with Crippen LogP contribution in [0.3, 0.4) is 0 Å². The third-order valence-electron chi connectivity index (χ3n) is 16.1. The van der Waals surface area contributed by atoms with E-state index in [4.69, 9.17) is 37.0 Å². The van der Waals surface area contributed by atoms with Crippen molar-refractivity contribution >= 4 is 39.5 Å². The van der Waals surface area contributed by atoms with Crippen LogP contribution in [0.2, 0.25) is 0 Å².